The molecule has 0 amide bonds. The maximum atomic E-state index is 14.4. The van der Waals surface area contributed by atoms with Crippen molar-refractivity contribution in [2.24, 2.45) is 0 Å². The average molecular weight is 331 g/mol. The summed E-state index contributed by atoms with van der Waals surface area (Å²) in [7, 11) is 0. The van der Waals surface area contributed by atoms with E-state index in [2.05, 4.69) is 20.3 Å². The molecule has 3 rings (SSSR count). The molecule has 8 heteroatoms. The minimum Gasteiger partial charge on any atom is -0.382 e. The molecule has 0 radical (unpaired) electrons. The molecule has 0 aliphatic carbocycles. The Morgan fingerprint density at radius 2 is 2.08 bits per heavy atom. The lowest BCUT2D eigenvalue weighted by Crippen LogP contribution is -2.38. The van der Waals surface area contributed by atoms with Crippen LogP contribution in [0, 0.1) is 11.6 Å². The number of benzene rings is 1. The third-order valence-corrected chi connectivity index (χ3v) is 4.04. The number of hydrogen-bond acceptors (Lipinski definition) is 5. The summed E-state index contributed by atoms with van der Waals surface area (Å²) >= 11 is 0. The Balaban J connectivity index is 2.09. The van der Waals surface area contributed by atoms with E-state index >= 15 is 0 Å². The van der Waals surface area contributed by atoms with Gasteiger partial charge in [-0.25, -0.2) is 23.4 Å². The first-order valence-corrected chi connectivity index (χ1v) is 7.28. The van der Waals surface area contributed by atoms with Crippen LogP contribution in [0.15, 0.2) is 49.2 Å². The van der Waals surface area contributed by atoms with Crippen molar-refractivity contribution < 1.29 is 13.9 Å². The van der Waals surface area contributed by atoms with Gasteiger partial charge in [-0.3, -0.25) is 0 Å². The summed E-state index contributed by atoms with van der Waals surface area (Å²) in [6.45, 7) is 1.64. The monoisotopic (exact) mass is 331 g/mol. The number of aromatic nitrogens is 5. The third kappa shape index (κ3) is 3.00. The molecule has 124 valence electrons. The molecule has 0 saturated heterocycles. The van der Waals surface area contributed by atoms with Crippen molar-refractivity contribution >= 4 is 0 Å². The van der Waals surface area contributed by atoms with Gasteiger partial charge < -0.3 is 5.11 Å². The van der Waals surface area contributed by atoms with E-state index < -0.39 is 23.2 Å². The van der Waals surface area contributed by atoms with Crippen molar-refractivity contribution in [2.45, 2.75) is 25.0 Å². The number of halogens is 2. The second kappa shape index (κ2) is 6.40. The van der Waals surface area contributed by atoms with Gasteiger partial charge >= 0.3 is 0 Å². The molecule has 2 atom stereocenters. The van der Waals surface area contributed by atoms with E-state index in [9.17, 15) is 13.9 Å². The third-order valence-electron chi connectivity index (χ3n) is 4.04. The maximum Gasteiger partial charge on any atom is 0.132 e. The Morgan fingerprint density at radius 1 is 1.25 bits per heavy atom. The molecule has 24 heavy (non-hydrogen) atoms. The zero-order valence-electron chi connectivity index (χ0n) is 12.8. The van der Waals surface area contributed by atoms with Gasteiger partial charge in [0, 0.05) is 35.6 Å². The minimum atomic E-state index is -1.71. The molecule has 3 aromatic rings. The Kier molecular flexibility index (Phi) is 4.30. The standard InChI is InChI=1S/C16H15F2N5O/c1-11(15-4-5-19-10-20-15)16(24,9-23-7-6-21-22-23)13-3-2-12(17)8-14(13)18/h2-8,10-11,24H,9H2,1H3. The quantitative estimate of drug-likeness (QED) is 0.774. The van der Waals surface area contributed by atoms with Crippen LogP contribution in [0.4, 0.5) is 8.78 Å². The van der Waals surface area contributed by atoms with Gasteiger partial charge in [0.05, 0.1) is 12.7 Å². The van der Waals surface area contributed by atoms with Gasteiger partial charge in [-0.15, -0.1) is 5.10 Å². The number of hydrogen-bond donors (Lipinski definition) is 1. The predicted octanol–water partition coefficient (Wildman–Crippen LogP) is 2.04. The average Bonchev–Trinajstić information content (AvgIpc) is 3.07. The summed E-state index contributed by atoms with van der Waals surface area (Å²) in [5, 5.41) is 18.9. The van der Waals surface area contributed by atoms with Gasteiger partial charge in [0.15, 0.2) is 0 Å². The van der Waals surface area contributed by atoms with Gasteiger partial charge in [-0.2, -0.15) is 0 Å². The second-order valence-corrected chi connectivity index (χ2v) is 5.50. The lowest BCUT2D eigenvalue weighted by molar-refractivity contribution is -0.0127. The summed E-state index contributed by atoms with van der Waals surface area (Å²) in [5.41, 5.74) is -1.22. The molecule has 0 spiro atoms. The van der Waals surface area contributed by atoms with Gasteiger partial charge in [0.2, 0.25) is 0 Å². The van der Waals surface area contributed by atoms with Crippen LogP contribution < -0.4 is 0 Å². The summed E-state index contributed by atoms with van der Waals surface area (Å²) in [6, 6.07) is 4.73. The highest BCUT2D eigenvalue weighted by atomic mass is 19.1. The summed E-state index contributed by atoms with van der Waals surface area (Å²) in [5.74, 6) is -2.16. The van der Waals surface area contributed by atoms with Crippen molar-refractivity contribution in [1.29, 1.82) is 0 Å². The van der Waals surface area contributed by atoms with Crippen LogP contribution in [0.3, 0.4) is 0 Å². The highest BCUT2D eigenvalue weighted by molar-refractivity contribution is 5.29. The van der Waals surface area contributed by atoms with Gasteiger partial charge in [-0.1, -0.05) is 18.2 Å². The Morgan fingerprint density at radius 3 is 2.71 bits per heavy atom. The molecule has 0 aliphatic rings. The minimum absolute atomic E-state index is 0.0366. The molecule has 0 bridgehead atoms. The van der Waals surface area contributed by atoms with E-state index in [1.165, 1.54) is 29.5 Å². The fraction of sp³-hybridized carbons (Fsp3) is 0.250. The molecule has 2 unspecified atom stereocenters. The summed E-state index contributed by atoms with van der Waals surface area (Å²) in [4.78, 5) is 7.98. The Bertz CT molecular complexity index is 813. The lowest BCUT2D eigenvalue weighted by atomic mass is 9.80. The van der Waals surface area contributed by atoms with E-state index in [0.717, 1.165) is 12.1 Å². The fourth-order valence-corrected chi connectivity index (χ4v) is 2.66. The fourth-order valence-electron chi connectivity index (χ4n) is 2.66. The van der Waals surface area contributed by atoms with Crippen molar-refractivity contribution in [3.63, 3.8) is 0 Å². The lowest BCUT2D eigenvalue weighted by Gasteiger charge is -2.34. The van der Waals surface area contributed by atoms with Crippen molar-refractivity contribution in [2.75, 3.05) is 0 Å². The SMILES string of the molecule is CC(c1ccncn1)C(O)(Cn1ccnn1)c1ccc(F)cc1F. The van der Waals surface area contributed by atoms with Crippen molar-refractivity contribution in [3.05, 3.63) is 72.1 Å². The van der Waals surface area contributed by atoms with Gasteiger partial charge in [0.1, 0.15) is 23.6 Å². The topological polar surface area (TPSA) is 76.7 Å². The van der Waals surface area contributed by atoms with Crippen LogP contribution in [0.25, 0.3) is 0 Å². The molecule has 1 aromatic carbocycles. The first-order chi connectivity index (χ1) is 11.5. The highest BCUT2D eigenvalue weighted by Crippen LogP contribution is 2.38. The largest absolute Gasteiger partial charge is 0.382 e. The molecule has 0 fully saturated rings. The molecule has 0 saturated carbocycles. The number of aliphatic hydroxyl groups is 1. The van der Waals surface area contributed by atoms with Crippen molar-refractivity contribution in [1.82, 2.24) is 25.0 Å². The maximum absolute atomic E-state index is 14.4. The van der Waals surface area contributed by atoms with Crippen LogP contribution in [0.5, 0.6) is 0 Å². The first kappa shape index (κ1) is 16.1. The summed E-state index contributed by atoms with van der Waals surface area (Å²) < 4.78 is 29.0. The van der Waals surface area contributed by atoms with Gasteiger partial charge in [0.25, 0.3) is 0 Å². The zero-order chi connectivity index (χ0) is 17.2. The normalized spacial score (nSPS) is 15.0. The second-order valence-electron chi connectivity index (χ2n) is 5.50. The molecular weight excluding hydrogens is 316 g/mol. The zero-order valence-corrected chi connectivity index (χ0v) is 12.8. The van der Waals surface area contributed by atoms with Crippen molar-refractivity contribution in [3.8, 4) is 0 Å². The number of rotatable bonds is 5. The molecular formula is C16H15F2N5O. The number of nitrogens with zero attached hydrogens (tertiary/aromatic N) is 5. The van der Waals surface area contributed by atoms with Gasteiger partial charge in [-0.05, 0) is 12.1 Å². The Hall–Kier alpha value is -2.74. The van der Waals surface area contributed by atoms with E-state index in [1.807, 2.05) is 0 Å². The van der Waals surface area contributed by atoms with Crippen LogP contribution in [0.1, 0.15) is 24.1 Å². The van der Waals surface area contributed by atoms with Crippen LogP contribution in [-0.2, 0) is 12.1 Å². The molecule has 2 heterocycles. The first-order valence-electron chi connectivity index (χ1n) is 7.28. The van der Waals surface area contributed by atoms with Crippen LogP contribution in [0.2, 0.25) is 0 Å². The molecule has 6 nitrogen and oxygen atoms in total. The molecule has 0 aliphatic heterocycles. The predicted molar refractivity (Wildman–Crippen MR) is 80.7 cm³/mol. The van der Waals surface area contributed by atoms with E-state index in [4.69, 9.17) is 0 Å². The van der Waals surface area contributed by atoms with E-state index in [1.54, 1.807) is 19.2 Å². The van der Waals surface area contributed by atoms with E-state index in [-0.39, 0.29) is 12.1 Å². The highest BCUT2D eigenvalue weighted by Gasteiger charge is 2.40. The van der Waals surface area contributed by atoms with E-state index in [0.29, 0.717) is 5.69 Å². The summed E-state index contributed by atoms with van der Waals surface area (Å²) in [6.07, 6.45) is 5.90. The smallest absolute Gasteiger partial charge is 0.132 e. The molecule has 2 aromatic heterocycles. The van der Waals surface area contributed by atoms with Crippen LogP contribution >= 0.6 is 0 Å². The van der Waals surface area contributed by atoms with Crippen LogP contribution in [-0.4, -0.2) is 30.1 Å². The molecule has 1 N–H and O–H groups in total. The Labute approximate surface area is 136 Å².